The van der Waals surface area contributed by atoms with Crippen LogP contribution in [0.1, 0.15) is 25.6 Å². The molecule has 1 N–H and O–H groups in total. The molecule has 0 radical (unpaired) electrons. The van der Waals surface area contributed by atoms with Crippen molar-refractivity contribution in [2.24, 2.45) is 5.41 Å². The number of ether oxygens (including phenoxy) is 1. The smallest absolute Gasteiger partial charge is 0.141 e. The molecule has 3 nitrogen and oxygen atoms in total. The predicted molar refractivity (Wildman–Crippen MR) is 59.5 cm³/mol. The molecule has 0 bridgehead atoms. The minimum absolute atomic E-state index is 0.0811. The van der Waals surface area contributed by atoms with Gasteiger partial charge in [-0.15, -0.1) is 0 Å². The van der Waals surface area contributed by atoms with Gasteiger partial charge in [-0.3, -0.25) is 4.98 Å². The van der Waals surface area contributed by atoms with Crippen LogP contribution in [0.15, 0.2) is 18.3 Å². The van der Waals surface area contributed by atoms with Crippen LogP contribution in [0.3, 0.4) is 0 Å². The zero-order valence-electron chi connectivity index (χ0n) is 9.66. The number of pyridine rings is 1. The molecule has 4 heteroatoms. The van der Waals surface area contributed by atoms with E-state index in [0.29, 0.717) is 6.61 Å². The first-order valence-electron chi connectivity index (χ1n) is 5.51. The van der Waals surface area contributed by atoms with E-state index in [1.54, 1.807) is 6.07 Å². The van der Waals surface area contributed by atoms with Gasteiger partial charge in [0, 0.05) is 18.5 Å². The maximum atomic E-state index is 12.7. The molecule has 1 aromatic heterocycles. The van der Waals surface area contributed by atoms with Crippen LogP contribution in [0.25, 0.3) is 0 Å². The van der Waals surface area contributed by atoms with Crippen LogP contribution >= 0.6 is 0 Å². The Kier molecular flexibility index (Phi) is 3.21. The normalized spacial score (nSPS) is 25.1. The quantitative estimate of drug-likeness (QED) is 0.791. The van der Waals surface area contributed by atoms with Crippen molar-refractivity contribution in [3.63, 3.8) is 0 Å². The van der Waals surface area contributed by atoms with Gasteiger partial charge in [0.15, 0.2) is 0 Å². The van der Waals surface area contributed by atoms with Crippen LogP contribution in [-0.2, 0) is 4.74 Å². The molecule has 2 rings (SSSR count). The van der Waals surface area contributed by atoms with Gasteiger partial charge in [0.2, 0.25) is 0 Å². The van der Waals surface area contributed by atoms with Crippen molar-refractivity contribution in [3.05, 3.63) is 29.8 Å². The Balaban J connectivity index is 2.08. The summed E-state index contributed by atoms with van der Waals surface area (Å²) in [5, 5.41) is 3.34. The third-order valence-electron chi connectivity index (χ3n) is 2.69. The van der Waals surface area contributed by atoms with E-state index < -0.39 is 0 Å². The van der Waals surface area contributed by atoms with Gasteiger partial charge >= 0.3 is 0 Å². The number of aromatic nitrogens is 1. The van der Waals surface area contributed by atoms with Crippen molar-refractivity contribution in [2.75, 3.05) is 19.7 Å². The van der Waals surface area contributed by atoms with E-state index in [1.165, 1.54) is 12.3 Å². The van der Waals surface area contributed by atoms with Gasteiger partial charge < -0.3 is 10.1 Å². The molecule has 1 atom stereocenters. The highest BCUT2D eigenvalue weighted by molar-refractivity contribution is 5.09. The molecule has 0 amide bonds. The minimum Gasteiger partial charge on any atom is -0.370 e. The van der Waals surface area contributed by atoms with Gasteiger partial charge in [-0.05, 0) is 12.1 Å². The topological polar surface area (TPSA) is 34.2 Å². The minimum atomic E-state index is -0.314. The highest BCUT2D eigenvalue weighted by atomic mass is 19.1. The zero-order chi connectivity index (χ0) is 11.6. The molecule has 1 aliphatic heterocycles. The van der Waals surface area contributed by atoms with Gasteiger partial charge in [0.1, 0.15) is 11.9 Å². The van der Waals surface area contributed by atoms with Gasteiger partial charge in [0.25, 0.3) is 0 Å². The number of rotatable bonds is 1. The molecule has 2 heterocycles. The summed E-state index contributed by atoms with van der Waals surface area (Å²) in [6, 6.07) is 3.10. The van der Waals surface area contributed by atoms with E-state index in [0.717, 1.165) is 18.8 Å². The van der Waals surface area contributed by atoms with Crippen LogP contribution in [-0.4, -0.2) is 24.7 Å². The Morgan fingerprint density at radius 2 is 2.31 bits per heavy atom. The summed E-state index contributed by atoms with van der Waals surface area (Å²) in [5.74, 6) is -0.314. The van der Waals surface area contributed by atoms with Gasteiger partial charge in [-0.25, -0.2) is 4.39 Å². The fourth-order valence-corrected chi connectivity index (χ4v) is 1.75. The summed E-state index contributed by atoms with van der Waals surface area (Å²) in [6.45, 7) is 6.64. The standard InChI is InChI=1S/C12H17FN2O/c1-12(2)7-14-6-11(16-8-12)10-4-3-9(13)5-15-10/h3-5,11,14H,6-8H2,1-2H3. The first-order chi connectivity index (χ1) is 7.57. The van der Waals surface area contributed by atoms with Crippen LogP contribution in [0.2, 0.25) is 0 Å². The third kappa shape index (κ3) is 2.77. The van der Waals surface area contributed by atoms with Crippen LogP contribution in [0.5, 0.6) is 0 Å². The van der Waals surface area contributed by atoms with E-state index in [9.17, 15) is 4.39 Å². The van der Waals surface area contributed by atoms with Crippen molar-refractivity contribution in [3.8, 4) is 0 Å². The number of nitrogens with one attached hydrogen (secondary N) is 1. The number of nitrogens with zero attached hydrogens (tertiary/aromatic N) is 1. The Bertz CT molecular complexity index is 351. The largest absolute Gasteiger partial charge is 0.370 e. The zero-order valence-corrected chi connectivity index (χ0v) is 9.66. The number of hydrogen-bond acceptors (Lipinski definition) is 3. The van der Waals surface area contributed by atoms with Gasteiger partial charge in [0.05, 0.1) is 18.5 Å². The maximum Gasteiger partial charge on any atom is 0.141 e. The fourth-order valence-electron chi connectivity index (χ4n) is 1.75. The molecule has 0 spiro atoms. The molecule has 1 aliphatic rings. The number of hydrogen-bond donors (Lipinski definition) is 1. The van der Waals surface area contributed by atoms with Crippen LogP contribution in [0, 0.1) is 11.2 Å². The number of halogens is 1. The van der Waals surface area contributed by atoms with Crippen molar-refractivity contribution in [1.82, 2.24) is 10.3 Å². The molecule has 1 saturated heterocycles. The molecule has 0 aromatic carbocycles. The second-order valence-corrected chi connectivity index (χ2v) is 5.00. The molecule has 88 valence electrons. The lowest BCUT2D eigenvalue weighted by Crippen LogP contribution is -2.29. The van der Waals surface area contributed by atoms with E-state index in [4.69, 9.17) is 4.74 Å². The van der Waals surface area contributed by atoms with Crippen molar-refractivity contribution >= 4 is 0 Å². The van der Waals surface area contributed by atoms with Crippen LogP contribution < -0.4 is 5.32 Å². The Labute approximate surface area is 95.0 Å². The highest BCUT2D eigenvalue weighted by Gasteiger charge is 2.25. The second kappa shape index (κ2) is 4.47. The van der Waals surface area contributed by atoms with Crippen molar-refractivity contribution < 1.29 is 9.13 Å². The third-order valence-corrected chi connectivity index (χ3v) is 2.69. The predicted octanol–water partition coefficient (Wildman–Crippen LogP) is 1.91. The van der Waals surface area contributed by atoms with Crippen molar-refractivity contribution in [1.29, 1.82) is 0 Å². The van der Waals surface area contributed by atoms with Gasteiger partial charge in [-0.1, -0.05) is 13.8 Å². The van der Waals surface area contributed by atoms with Crippen LogP contribution in [0.4, 0.5) is 4.39 Å². The molecule has 1 unspecified atom stereocenters. The van der Waals surface area contributed by atoms with E-state index in [-0.39, 0.29) is 17.3 Å². The summed E-state index contributed by atoms with van der Waals surface area (Å²) >= 11 is 0. The molecule has 0 saturated carbocycles. The lowest BCUT2D eigenvalue weighted by atomic mass is 9.95. The monoisotopic (exact) mass is 224 g/mol. The average molecular weight is 224 g/mol. The molecule has 16 heavy (non-hydrogen) atoms. The second-order valence-electron chi connectivity index (χ2n) is 5.00. The lowest BCUT2D eigenvalue weighted by molar-refractivity contribution is 0.0237. The highest BCUT2D eigenvalue weighted by Crippen LogP contribution is 2.23. The lowest BCUT2D eigenvalue weighted by Gasteiger charge is -2.21. The first kappa shape index (κ1) is 11.5. The summed E-state index contributed by atoms with van der Waals surface area (Å²) in [4.78, 5) is 4.05. The summed E-state index contributed by atoms with van der Waals surface area (Å²) in [6.07, 6.45) is 1.15. The Hall–Kier alpha value is -1.00. The fraction of sp³-hybridized carbons (Fsp3) is 0.583. The van der Waals surface area contributed by atoms with E-state index in [1.807, 2.05) is 0 Å². The molecular weight excluding hydrogens is 207 g/mol. The van der Waals surface area contributed by atoms with Gasteiger partial charge in [-0.2, -0.15) is 0 Å². The molecule has 1 fully saturated rings. The molecule has 1 aromatic rings. The van der Waals surface area contributed by atoms with E-state index >= 15 is 0 Å². The first-order valence-corrected chi connectivity index (χ1v) is 5.51. The Morgan fingerprint density at radius 3 is 3.00 bits per heavy atom. The Morgan fingerprint density at radius 1 is 1.50 bits per heavy atom. The maximum absolute atomic E-state index is 12.7. The average Bonchev–Trinajstić information content (AvgIpc) is 2.41. The van der Waals surface area contributed by atoms with Crippen molar-refractivity contribution in [2.45, 2.75) is 20.0 Å². The summed E-state index contributed by atoms with van der Waals surface area (Å²) < 4.78 is 18.5. The SMILES string of the molecule is CC1(C)CNCC(c2ccc(F)cn2)OC1. The molecular formula is C12H17FN2O. The molecule has 0 aliphatic carbocycles. The summed E-state index contributed by atoms with van der Waals surface area (Å²) in [5.41, 5.74) is 0.918. The summed E-state index contributed by atoms with van der Waals surface area (Å²) in [7, 11) is 0. The van der Waals surface area contributed by atoms with E-state index in [2.05, 4.69) is 24.1 Å².